The average Bonchev–Trinajstić information content (AvgIpc) is 3.29. The van der Waals surface area contributed by atoms with E-state index in [-0.39, 0.29) is 28.5 Å². The van der Waals surface area contributed by atoms with Gasteiger partial charge in [0.25, 0.3) is 0 Å². The number of rotatable bonds is 4. The number of aromatic nitrogens is 5. The summed E-state index contributed by atoms with van der Waals surface area (Å²) in [5.41, 5.74) is -3.16. The molecule has 0 N–H and O–H groups in total. The van der Waals surface area contributed by atoms with Gasteiger partial charge in [0.15, 0.2) is 11.5 Å². The Hall–Kier alpha value is -3.69. The summed E-state index contributed by atoms with van der Waals surface area (Å²) in [5, 5.41) is 3.47. The maximum atomic E-state index is 14.2. The summed E-state index contributed by atoms with van der Waals surface area (Å²) >= 11 is 0. The summed E-state index contributed by atoms with van der Waals surface area (Å²) < 4.78 is 91.9. The molecular formula is C22H16F5N5. The highest BCUT2D eigenvalue weighted by molar-refractivity contribution is 5.59. The molecule has 1 atom stereocenters. The highest BCUT2D eigenvalue weighted by Gasteiger charge is 2.34. The van der Waals surface area contributed by atoms with Crippen molar-refractivity contribution in [2.75, 3.05) is 0 Å². The minimum absolute atomic E-state index is 0.0141. The number of halogens is 5. The first-order chi connectivity index (χ1) is 16.3. The smallest absolute Gasteiger partial charge is 0.252 e. The Kier molecular flexibility index (Phi) is 4.36. The SMILES string of the molecule is [2H]C([2H])([2H])C(C)(c1cccc(-c2ccc(F)nc2F)n1)c1cccc(-n2ccc(C(F)(F)F)n2)n1. The molecule has 164 valence electrons. The lowest BCUT2D eigenvalue weighted by molar-refractivity contribution is -0.141. The van der Waals surface area contributed by atoms with Crippen molar-refractivity contribution in [1.29, 1.82) is 0 Å². The quantitative estimate of drug-likeness (QED) is 0.312. The van der Waals surface area contributed by atoms with Gasteiger partial charge in [0.1, 0.15) is 0 Å². The fourth-order valence-corrected chi connectivity index (χ4v) is 3.03. The van der Waals surface area contributed by atoms with Crippen LogP contribution in [0.25, 0.3) is 17.1 Å². The predicted octanol–water partition coefficient (Wildman–Crippen LogP) is 5.35. The predicted molar refractivity (Wildman–Crippen MR) is 106 cm³/mol. The fourth-order valence-electron chi connectivity index (χ4n) is 3.03. The zero-order valence-corrected chi connectivity index (χ0v) is 16.4. The van der Waals surface area contributed by atoms with Gasteiger partial charge in [0.05, 0.1) is 22.6 Å². The van der Waals surface area contributed by atoms with Crippen LogP contribution < -0.4 is 0 Å². The molecule has 0 aliphatic heterocycles. The summed E-state index contributed by atoms with van der Waals surface area (Å²) in [6.45, 7) is -1.38. The van der Waals surface area contributed by atoms with Crippen LogP contribution in [-0.2, 0) is 11.6 Å². The molecule has 5 nitrogen and oxygen atoms in total. The monoisotopic (exact) mass is 448 g/mol. The Balaban J connectivity index is 1.84. The van der Waals surface area contributed by atoms with E-state index >= 15 is 0 Å². The maximum Gasteiger partial charge on any atom is 0.435 e. The average molecular weight is 448 g/mol. The van der Waals surface area contributed by atoms with Crippen molar-refractivity contribution < 1.29 is 26.1 Å². The second kappa shape index (κ2) is 7.77. The second-order valence-electron chi connectivity index (χ2n) is 7.03. The standard InChI is InChI=1S/C22H16F5N5/c1-21(2,15-6-3-5-14(28-15)13-9-10-18(23)30-20(13)24)16-7-4-8-19(29-16)32-12-11-17(31-32)22(25,26)27/h3-12H,1-2H3/i1D3. The minimum Gasteiger partial charge on any atom is -0.252 e. The summed E-state index contributed by atoms with van der Waals surface area (Å²) in [6.07, 6.45) is -3.60. The summed E-state index contributed by atoms with van der Waals surface area (Å²) in [7, 11) is 0. The van der Waals surface area contributed by atoms with Crippen LogP contribution in [0.15, 0.2) is 60.8 Å². The van der Waals surface area contributed by atoms with Crippen molar-refractivity contribution in [2.24, 2.45) is 0 Å². The van der Waals surface area contributed by atoms with Crippen molar-refractivity contribution in [3.05, 3.63) is 89.8 Å². The van der Waals surface area contributed by atoms with Gasteiger partial charge in [-0.25, -0.2) is 9.67 Å². The first-order valence-electron chi connectivity index (χ1n) is 10.7. The van der Waals surface area contributed by atoms with Gasteiger partial charge in [-0.1, -0.05) is 12.1 Å². The van der Waals surface area contributed by atoms with E-state index in [4.69, 9.17) is 4.11 Å². The van der Waals surface area contributed by atoms with Gasteiger partial charge in [-0.3, -0.25) is 4.98 Å². The molecule has 1 unspecified atom stereocenters. The topological polar surface area (TPSA) is 56.5 Å². The third-order valence-electron chi connectivity index (χ3n) is 4.71. The van der Waals surface area contributed by atoms with Crippen molar-refractivity contribution in [3.63, 3.8) is 0 Å². The summed E-state index contributed by atoms with van der Waals surface area (Å²) in [4.78, 5) is 11.7. The van der Waals surface area contributed by atoms with Gasteiger partial charge in [0.2, 0.25) is 11.9 Å². The fraction of sp³-hybridized carbons (Fsp3) is 0.182. The molecule has 0 aliphatic rings. The Labute approximate surface area is 183 Å². The van der Waals surface area contributed by atoms with E-state index < -0.39 is 36.0 Å². The van der Waals surface area contributed by atoms with Crippen molar-refractivity contribution in [3.8, 4) is 17.1 Å². The van der Waals surface area contributed by atoms with E-state index in [0.717, 1.165) is 29.1 Å². The number of hydrogen-bond donors (Lipinski definition) is 0. The number of alkyl halides is 3. The minimum atomic E-state index is -4.66. The maximum absolute atomic E-state index is 14.2. The zero-order chi connectivity index (χ0) is 25.6. The van der Waals surface area contributed by atoms with Gasteiger partial charge in [0, 0.05) is 15.7 Å². The molecule has 0 fully saturated rings. The first kappa shape index (κ1) is 17.9. The van der Waals surface area contributed by atoms with Gasteiger partial charge < -0.3 is 0 Å². The van der Waals surface area contributed by atoms with Gasteiger partial charge in [-0.2, -0.15) is 32.0 Å². The van der Waals surface area contributed by atoms with Crippen LogP contribution in [0.4, 0.5) is 22.0 Å². The third kappa shape index (κ3) is 4.08. The largest absolute Gasteiger partial charge is 0.435 e. The molecule has 10 heteroatoms. The van der Waals surface area contributed by atoms with Gasteiger partial charge in [-0.15, -0.1) is 0 Å². The molecule has 0 saturated heterocycles. The molecule has 0 aliphatic carbocycles. The Morgan fingerprint density at radius 2 is 1.56 bits per heavy atom. The molecule has 4 rings (SSSR count). The van der Waals surface area contributed by atoms with Crippen LogP contribution in [0, 0.1) is 11.9 Å². The highest BCUT2D eigenvalue weighted by Crippen LogP contribution is 2.32. The molecule has 0 radical (unpaired) electrons. The van der Waals surface area contributed by atoms with E-state index in [1.54, 1.807) is 0 Å². The summed E-state index contributed by atoms with van der Waals surface area (Å²) in [6, 6.07) is 11.3. The molecule has 4 heterocycles. The van der Waals surface area contributed by atoms with Crippen molar-refractivity contribution in [2.45, 2.75) is 25.4 Å². The molecule has 0 saturated carbocycles. The lowest BCUT2D eigenvalue weighted by Crippen LogP contribution is -2.23. The lowest BCUT2D eigenvalue weighted by Gasteiger charge is -2.24. The van der Waals surface area contributed by atoms with Crippen molar-refractivity contribution >= 4 is 0 Å². The van der Waals surface area contributed by atoms with Crippen LogP contribution in [0.5, 0.6) is 0 Å². The molecule has 4 aromatic rings. The summed E-state index contributed by atoms with van der Waals surface area (Å²) in [5.74, 6) is -2.19. The van der Waals surface area contributed by atoms with Crippen LogP contribution in [0.3, 0.4) is 0 Å². The van der Waals surface area contributed by atoms with Gasteiger partial charge >= 0.3 is 6.18 Å². The van der Waals surface area contributed by atoms with Crippen LogP contribution in [-0.4, -0.2) is 24.7 Å². The van der Waals surface area contributed by atoms with E-state index in [2.05, 4.69) is 20.1 Å². The molecule has 32 heavy (non-hydrogen) atoms. The first-order valence-corrected chi connectivity index (χ1v) is 9.21. The molecule has 0 bridgehead atoms. The van der Waals surface area contributed by atoms with Gasteiger partial charge in [-0.05, 0) is 56.2 Å². The van der Waals surface area contributed by atoms with E-state index in [9.17, 15) is 22.0 Å². The number of pyridine rings is 3. The van der Waals surface area contributed by atoms with Crippen LogP contribution >= 0.6 is 0 Å². The molecule has 0 aromatic carbocycles. The van der Waals surface area contributed by atoms with E-state index in [1.807, 2.05) is 0 Å². The molecule has 4 aromatic heterocycles. The van der Waals surface area contributed by atoms with Crippen LogP contribution in [0.2, 0.25) is 0 Å². The number of nitrogens with zero attached hydrogens (tertiary/aromatic N) is 5. The Morgan fingerprint density at radius 1 is 0.844 bits per heavy atom. The van der Waals surface area contributed by atoms with Crippen LogP contribution in [0.1, 0.15) is 35.0 Å². The highest BCUT2D eigenvalue weighted by atomic mass is 19.4. The normalized spacial score (nSPS) is 15.5. The molecular weight excluding hydrogens is 429 g/mol. The second-order valence-corrected chi connectivity index (χ2v) is 7.03. The molecule has 0 spiro atoms. The zero-order valence-electron chi connectivity index (χ0n) is 19.4. The molecule has 0 amide bonds. The van der Waals surface area contributed by atoms with E-state index in [1.165, 1.54) is 43.3 Å². The lowest BCUT2D eigenvalue weighted by atomic mass is 9.84. The Morgan fingerprint density at radius 3 is 2.22 bits per heavy atom. The number of hydrogen-bond acceptors (Lipinski definition) is 4. The van der Waals surface area contributed by atoms with E-state index in [0.29, 0.717) is 0 Å². The Bertz CT molecular complexity index is 1390. The van der Waals surface area contributed by atoms with Crippen molar-refractivity contribution in [1.82, 2.24) is 24.7 Å². The third-order valence-corrected chi connectivity index (χ3v) is 4.71.